The van der Waals surface area contributed by atoms with Gasteiger partial charge in [-0.2, -0.15) is 13.2 Å². The van der Waals surface area contributed by atoms with Crippen molar-refractivity contribution in [1.82, 2.24) is 15.0 Å². The standard InChI is InChI=1S/C8H8F3N3O/c1-4-2-6(4)14-7(8(9,10)11)5(3-15)12-13-14/h3-4,6H,2H2,1H3. The van der Waals surface area contributed by atoms with Crippen LogP contribution in [0.2, 0.25) is 0 Å². The molecule has 1 aliphatic rings. The molecule has 1 aromatic rings. The molecule has 1 fully saturated rings. The molecule has 0 aromatic carbocycles. The Kier molecular flexibility index (Phi) is 2.06. The number of alkyl halides is 3. The summed E-state index contributed by atoms with van der Waals surface area (Å²) in [7, 11) is 0. The predicted octanol–water partition coefficient (Wildman–Crippen LogP) is 1.69. The number of aromatic nitrogens is 3. The van der Waals surface area contributed by atoms with E-state index in [0.717, 1.165) is 4.68 Å². The lowest BCUT2D eigenvalue weighted by Crippen LogP contribution is -2.16. The Hall–Kier alpha value is -1.40. The normalized spacial score (nSPS) is 25.3. The molecule has 2 atom stereocenters. The second-order valence-corrected chi connectivity index (χ2v) is 3.66. The first-order valence-corrected chi connectivity index (χ1v) is 4.42. The Morgan fingerprint density at radius 1 is 1.53 bits per heavy atom. The molecule has 1 heterocycles. The third kappa shape index (κ3) is 1.62. The Morgan fingerprint density at radius 3 is 2.53 bits per heavy atom. The van der Waals surface area contributed by atoms with E-state index >= 15 is 0 Å². The Balaban J connectivity index is 2.47. The molecule has 0 aliphatic heterocycles. The molecule has 0 bridgehead atoms. The van der Waals surface area contributed by atoms with Crippen LogP contribution in [0.4, 0.5) is 13.2 Å². The molecule has 1 aromatic heterocycles. The van der Waals surface area contributed by atoms with Crippen molar-refractivity contribution in [3.63, 3.8) is 0 Å². The summed E-state index contributed by atoms with van der Waals surface area (Å²) < 4.78 is 38.6. The monoisotopic (exact) mass is 219 g/mol. The summed E-state index contributed by atoms with van der Waals surface area (Å²) >= 11 is 0. The fourth-order valence-corrected chi connectivity index (χ4v) is 1.54. The lowest BCUT2D eigenvalue weighted by Gasteiger charge is -2.08. The van der Waals surface area contributed by atoms with Crippen molar-refractivity contribution in [3.05, 3.63) is 11.4 Å². The lowest BCUT2D eigenvalue weighted by atomic mass is 10.3. The van der Waals surface area contributed by atoms with Gasteiger partial charge in [-0.25, -0.2) is 4.68 Å². The third-order valence-corrected chi connectivity index (χ3v) is 2.48. The number of carbonyl (C=O) groups excluding carboxylic acids is 1. The number of aldehydes is 1. The lowest BCUT2D eigenvalue weighted by molar-refractivity contribution is -0.144. The Labute approximate surface area is 83.1 Å². The SMILES string of the molecule is CC1CC1n1nnc(C=O)c1C(F)(F)F. The van der Waals surface area contributed by atoms with Crippen LogP contribution in [0, 0.1) is 5.92 Å². The van der Waals surface area contributed by atoms with Crippen LogP contribution in [0.1, 0.15) is 35.6 Å². The maximum atomic E-state index is 12.6. The third-order valence-electron chi connectivity index (χ3n) is 2.48. The summed E-state index contributed by atoms with van der Waals surface area (Å²) in [4.78, 5) is 10.4. The maximum Gasteiger partial charge on any atom is 0.435 e. The molecule has 1 saturated carbocycles. The molecule has 15 heavy (non-hydrogen) atoms. The highest BCUT2D eigenvalue weighted by Gasteiger charge is 2.45. The van der Waals surface area contributed by atoms with E-state index < -0.39 is 17.6 Å². The first kappa shape index (κ1) is 10.1. The molecule has 2 unspecified atom stereocenters. The molecule has 2 rings (SSSR count). The van der Waals surface area contributed by atoms with Gasteiger partial charge in [0, 0.05) is 0 Å². The number of carbonyl (C=O) groups is 1. The van der Waals surface area contributed by atoms with Crippen molar-refractivity contribution in [2.45, 2.75) is 25.6 Å². The molecule has 0 amide bonds. The number of halogens is 3. The van der Waals surface area contributed by atoms with Gasteiger partial charge in [0.15, 0.2) is 17.7 Å². The van der Waals surface area contributed by atoms with Crippen LogP contribution < -0.4 is 0 Å². The molecular weight excluding hydrogens is 211 g/mol. The minimum atomic E-state index is -4.58. The largest absolute Gasteiger partial charge is 0.435 e. The summed E-state index contributed by atoms with van der Waals surface area (Å²) in [5.74, 6) is 0.160. The van der Waals surface area contributed by atoms with Gasteiger partial charge in [0.2, 0.25) is 0 Å². The van der Waals surface area contributed by atoms with Crippen LogP contribution in [-0.2, 0) is 6.18 Å². The molecule has 7 heteroatoms. The summed E-state index contributed by atoms with van der Waals surface area (Å²) in [6, 6.07) is -0.275. The first-order chi connectivity index (χ1) is 6.95. The van der Waals surface area contributed by atoms with Crippen LogP contribution >= 0.6 is 0 Å². The Morgan fingerprint density at radius 2 is 2.13 bits per heavy atom. The average Bonchev–Trinajstić information content (AvgIpc) is 2.70. The van der Waals surface area contributed by atoms with Crippen LogP contribution in [0.3, 0.4) is 0 Å². The van der Waals surface area contributed by atoms with Gasteiger partial charge in [0.1, 0.15) is 0 Å². The zero-order chi connectivity index (χ0) is 11.2. The number of hydrogen-bond donors (Lipinski definition) is 0. The number of hydrogen-bond acceptors (Lipinski definition) is 3. The van der Waals surface area contributed by atoms with E-state index in [1.807, 2.05) is 6.92 Å². The van der Waals surface area contributed by atoms with Gasteiger partial charge < -0.3 is 0 Å². The first-order valence-electron chi connectivity index (χ1n) is 4.42. The Bertz CT molecular complexity index is 398. The van der Waals surface area contributed by atoms with Crippen LogP contribution in [0.15, 0.2) is 0 Å². The van der Waals surface area contributed by atoms with Crippen molar-refractivity contribution < 1.29 is 18.0 Å². The molecule has 1 aliphatic carbocycles. The van der Waals surface area contributed by atoms with Crippen molar-refractivity contribution in [2.24, 2.45) is 5.92 Å². The fourth-order valence-electron chi connectivity index (χ4n) is 1.54. The highest BCUT2D eigenvalue weighted by molar-refractivity contribution is 5.73. The van der Waals surface area contributed by atoms with Gasteiger partial charge in [-0.3, -0.25) is 4.79 Å². The fraction of sp³-hybridized carbons (Fsp3) is 0.625. The number of nitrogens with zero attached hydrogens (tertiary/aromatic N) is 3. The van der Waals surface area contributed by atoms with E-state index in [4.69, 9.17) is 0 Å². The molecule has 0 spiro atoms. The van der Waals surface area contributed by atoms with Gasteiger partial charge in [-0.1, -0.05) is 12.1 Å². The van der Waals surface area contributed by atoms with Gasteiger partial charge in [0.05, 0.1) is 6.04 Å². The van der Waals surface area contributed by atoms with Crippen molar-refractivity contribution in [1.29, 1.82) is 0 Å². The van der Waals surface area contributed by atoms with Crippen LogP contribution in [0.25, 0.3) is 0 Å². The molecule has 0 radical (unpaired) electrons. The van der Waals surface area contributed by atoms with Crippen molar-refractivity contribution in [2.75, 3.05) is 0 Å². The molecule has 0 saturated heterocycles. The van der Waals surface area contributed by atoms with E-state index in [1.54, 1.807) is 0 Å². The van der Waals surface area contributed by atoms with Gasteiger partial charge in [-0.15, -0.1) is 5.10 Å². The highest BCUT2D eigenvalue weighted by Crippen LogP contribution is 2.45. The number of rotatable bonds is 2. The van der Waals surface area contributed by atoms with E-state index in [0.29, 0.717) is 6.42 Å². The van der Waals surface area contributed by atoms with Crippen molar-refractivity contribution >= 4 is 6.29 Å². The van der Waals surface area contributed by atoms with Gasteiger partial charge >= 0.3 is 6.18 Å². The minimum absolute atomic E-state index is 0.0827. The average molecular weight is 219 g/mol. The van der Waals surface area contributed by atoms with Gasteiger partial charge in [-0.05, 0) is 12.3 Å². The second-order valence-electron chi connectivity index (χ2n) is 3.66. The summed E-state index contributed by atoms with van der Waals surface area (Å²) in [5.41, 5.74) is -1.67. The van der Waals surface area contributed by atoms with E-state index in [-0.39, 0.29) is 18.2 Å². The van der Waals surface area contributed by atoms with E-state index in [1.165, 1.54) is 0 Å². The highest BCUT2D eigenvalue weighted by atomic mass is 19.4. The quantitative estimate of drug-likeness (QED) is 0.711. The minimum Gasteiger partial charge on any atom is -0.296 e. The van der Waals surface area contributed by atoms with E-state index in [2.05, 4.69) is 10.3 Å². The van der Waals surface area contributed by atoms with Crippen molar-refractivity contribution in [3.8, 4) is 0 Å². The maximum absolute atomic E-state index is 12.6. The molecule has 0 N–H and O–H groups in total. The summed E-state index contributed by atoms with van der Waals surface area (Å²) in [5, 5.41) is 6.60. The predicted molar refractivity (Wildman–Crippen MR) is 43.2 cm³/mol. The zero-order valence-electron chi connectivity index (χ0n) is 7.82. The summed E-state index contributed by atoms with van der Waals surface area (Å²) in [6.45, 7) is 1.83. The molecular formula is C8H8F3N3O. The molecule has 82 valence electrons. The van der Waals surface area contributed by atoms with Gasteiger partial charge in [0.25, 0.3) is 0 Å². The second kappa shape index (κ2) is 3.04. The smallest absolute Gasteiger partial charge is 0.296 e. The zero-order valence-corrected chi connectivity index (χ0v) is 7.82. The topological polar surface area (TPSA) is 47.8 Å². The van der Waals surface area contributed by atoms with Crippen LogP contribution in [-0.4, -0.2) is 21.3 Å². The van der Waals surface area contributed by atoms with E-state index in [9.17, 15) is 18.0 Å². The van der Waals surface area contributed by atoms with Crippen LogP contribution in [0.5, 0.6) is 0 Å². The summed E-state index contributed by atoms with van der Waals surface area (Å²) in [6.07, 6.45) is -3.85. The molecule has 4 nitrogen and oxygen atoms in total.